The number of carbonyl (C=O) groups excluding carboxylic acids is 1. The second kappa shape index (κ2) is 12.8. The summed E-state index contributed by atoms with van der Waals surface area (Å²) in [5.41, 5.74) is 3.36. The number of amides is 1. The van der Waals surface area contributed by atoms with Crippen LogP contribution in [0, 0.1) is 0 Å². The SMILES string of the molecule is CCCCn1c(SCCCNC(=O)c2cccc(C(F)(F)F)c2)nc(-c2ccccc2)c1-c1ccccc1. The summed E-state index contributed by atoms with van der Waals surface area (Å²) in [6.45, 7) is 3.36. The first-order chi connectivity index (χ1) is 18.4. The Labute approximate surface area is 225 Å². The van der Waals surface area contributed by atoms with Crippen molar-refractivity contribution in [2.75, 3.05) is 12.3 Å². The predicted molar refractivity (Wildman–Crippen MR) is 147 cm³/mol. The van der Waals surface area contributed by atoms with Gasteiger partial charge in [0, 0.05) is 35.5 Å². The van der Waals surface area contributed by atoms with Crippen molar-refractivity contribution in [2.45, 2.75) is 44.1 Å². The van der Waals surface area contributed by atoms with Crippen LogP contribution in [0.5, 0.6) is 0 Å². The first kappa shape index (κ1) is 27.5. The largest absolute Gasteiger partial charge is 0.416 e. The highest BCUT2D eigenvalue weighted by molar-refractivity contribution is 7.99. The molecule has 1 N–H and O–H groups in total. The molecule has 3 aromatic carbocycles. The van der Waals surface area contributed by atoms with E-state index in [0.717, 1.165) is 59.2 Å². The van der Waals surface area contributed by atoms with Crippen LogP contribution >= 0.6 is 11.8 Å². The van der Waals surface area contributed by atoms with Gasteiger partial charge in [-0.15, -0.1) is 0 Å². The maximum Gasteiger partial charge on any atom is 0.416 e. The molecule has 0 fully saturated rings. The zero-order valence-corrected chi connectivity index (χ0v) is 22.0. The number of halogens is 3. The quantitative estimate of drug-likeness (QED) is 0.156. The zero-order valence-electron chi connectivity index (χ0n) is 21.2. The van der Waals surface area contributed by atoms with Crippen LogP contribution in [0.3, 0.4) is 0 Å². The van der Waals surface area contributed by atoms with E-state index < -0.39 is 17.6 Å². The second-order valence-electron chi connectivity index (χ2n) is 8.87. The monoisotopic (exact) mass is 537 g/mol. The summed E-state index contributed by atoms with van der Waals surface area (Å²) in [6.07, 6.45) is -1.76. The number of alkyl halides is 3. The van der Waals surface area contributed by atoms with Crippen LogP contribution in [-0.4, -0.2) is 27.8 Å². The number of aromatic nitrogens is 2. The highest BCUT2D eigenvalue weighted by Crippen LogP contribution is 2.36. The summed E-state index contributed by atoms with van der Waals surface area (Å²) >= 11 is 1.63. The van der Waals surface area contributed by atoms with Gasteiger partial charge in [-0.05, 0) is 31.0 Å². The van der Waals surface area contributed by atoms with Gasteiger partial charge in [0.2, 0.25) is 0 Å². The highest BCUT2D eigenvalue weighted by Gasteiger charge is 2.30. The molecule has 0 aliphatic carbocycles. The summed E-state index contributed by atoms with van der Waals surface area (Å²) in [5.74, 6) is 0.192. The van der Waals surface area contributed by atoms with Gasteiger partial charge in [-0.3, -0.25) is 4.79 Å². The van der Waals surface area contributed by atoms with Gasteiger partial charge in [-0.25, -0.2) is 4.98 Å². The van der Waals surface area contributed by atoms with Crippen molar-refractivity contribution in [1.29, 1.82) is 0 Å². The lowest BCUT2D eigenvalue weighted by Gasteiger charge is -2.13. The van der Waals surface area contributed by atoms with Crippen LogP contribution in [0.2, 0.25) is 0 Å². The third-order valence-corrected chi connectivity index (χ3v) is 7.11. The topological polar surface area (TPSA) is 46.9 Å². The van der Waals surface area contributed by atoms with Gasteiger partial charge >= 0.3 is 6.18 Å². The Kier molecular flexibility index (Phi) is 9.29. The first-order valence-corrected chi connectivity index (χ1v) is 13.7. The number of thioether (sulfide) groups is 1. The Balaban J connectivity index is 1.47. The molecule has 1 heterocycles. The molecule has 4 aromatic rings. The lowest BCUT2D eigenvalue weighted by molar-refractivity contribution is -0.137. The van der Waals surface area contributed by atoms with E-state index >= 15 is 0 Å². The molecule has 0 atom stereocenters. The van der Waals surface area contributed by atoms with Gasteiger partial charge in [0.1, 0.15) is 0 Å². The van der Waals surface area contributed by atoms with Crippen LogP contribution in [0.25, 0.3) is 22.5 Å². The fourth-order valence-electron chi connectivity index (χ4n) is 4.13. The number of benzene rings is 3. The van der Waals surface area contributed by atoms with Crippen molar-refractivity contribution in [3.8, 4) is 22.5 Å². The van der Waals surface area contributed by atoms with E-state index in [-0.39, 0.29) is 5.56 Å². The molecule has 0 saturated carbocycles. The fraction of sp³-hybridized carbons (Fsp3) is 0.267. The molecule has 1 aromatic heterocycles. The van der Waals surface area contributed by atoms with Crippen molar-refractivity contribution in [3.63, 3.8) is 0 Å². The molecule has 4 rings (SSSR count). The highest BCUT2D eigenvalue weighted by atomic mass is 32.2. The van der Waals surface area contributed by atoms with Crippen molar-refractivity contribution < 1.29 is 18.0 Å². The average Bonchev–Trinajstić information content (AvgIpc) is 3.30. The summed E-state index contributed by atoms with van der Waals surface area (Å²) in [7, 11) is 0. The summed E-state index contributed by atoms with van der Waals surface area (Å²) in [5, 5.41) is 3.65. The minimum Gasteiger partial charge on any atom is -0.352 e. The number of hydrogen-bond donors (Lipinski definition) is 1. The first-order valence-electron chi connectivity index (χ1n) is 12.7. The molecule has 0 aliphatic heterocycles. The lowest BCUT2D eigenvalue weighted by Crippen LogP contribution is -2.25. The summed E-state index contributed by atoms with van der Waals surface area (Å²) in [4.78, 5) is 17.4. The van der Waals surface area contributed by atoms with E-state index in [4.69, 9.17) is 4.98 Å². The molecule has 0 unspecified atom stereocenters. The number of imidazole rings is 1. The Hall–Kier alpha value is -3.52. The molecule has 4 nitrogen and oxygen atoms in total. The molecular weight excluding hydrogens is 507 g/mol. The van der Waals surface area contributed by atoms with E-state index in [1.54, 1.807) is 11.8 Å². The molecule has 1 amide bonds. The van der Waals surface area contributed by atoms with Gasteiger partial charge in [0.05, 0.1) is 17.0 Å². The van der Waals surface area contributed by atoms with Gasteiger partial charge in [0.15, 0.2) is 5.16 Å². The molecule has 198 valence electrons. The Bertz CT molecular complexity index is 1340. The molecular formula is C30H30F3N3OS. The Morgan fingerprint density at radius 2 is 1.61 bits per heavy atom. The number of rotatable bonds is 11. The Morgan fingerprint density at radius 1 is 0.921 bits per heavy atom. The predicted octanol–water partition coefficient (Wildman–Crippen LogP) is 7.95. The van der Waals surface area contributed by atoms with Crippen LogP contribution < -0.4 is 5.32 Å². The zero-order chi connectivity index (χ0) is 27.0. The van der Waals surface area contributed by atoms with Gasteiger partial charge < -0.3 is 9.88 Å². The van der Waals surface area contributed by atoms with Crippen molar-refractivity contribution >= 4 is 17.7 Å². The molecule has 0 radical (unpaired) electrons. The molecule has 8 heteroatoms. The molecule has 38 heavy (non-hydrogen) atoms. The van der Waals surface area contributed by atoms with Crippen LogP contribution in [0.1, 0.15) is 42.1 Å². The van der Waals surface area contributed by atoms with E-state index in [1.165, 1.54) is 12.1 Å². The normalized spacial score (nSPS) is 11.5. The van der Waals surface area contributed by atoms with Crippen molar-refractivity contribution in [2.24, 2.45) is 0 Å². The van der Waals surface area contributed by atoms with Gasteiger partial charge in [-0.1, -0.05) is 91.8 Å². The minimum absolute atomic E-state index is 0.00240. The number of unbranched alkanes of at least 4 members (excludes halogenated alkanes) is 1. The lowest BCUT2D eigenvalue weighted by atomic mass is 10.0. The third kappa shape index (κ3) is 6.86. The molecule has 0 spiro atoms. The molecule has 0 saturated heterocycles. The number of hydrogen-bond acceptors (Lipinski definition) is 3. The number of carbonyl (C=O) groups is 1. The maximum absolute atomic E-state index is 13.0. The number of nitrogens with zero attached hydrogens (tertiary/aromatic N) is 2. The summed E-state index contributed by atoms with van der Waals surface area (Å²) < 4.78 is 41.2. The third-order valence-electron chi connectivity index (χ3n) is 6.05. The van der Waals surface area contributed by atoms with E-state index in [0.29, 0.717) is 18.7 Å². The second-order valence-corrected chi connectivity index (χ2v) is 9.93. The van der Waals surface area contributed by atoms with Crippen LogP contribution in [0.15, 0.2) is 90.1 Å². The molecule has 0 aliphatic rings. The molecule has 0 bridgehead atoms. The van der Waals surface area contributed by atoms with Crippen molar-refractivity contribution in [1.82, 2.24) is 14.9 Å². The van der Waals surface area contributed by atoms with Gasteiger partial charge in [0.25, 0.3) is 5.91 Å². The minimum atomic E-state index is -4.48. The Morgan fingerprint density at radius 3 is 2.26 bits per heavy atom. The van der Waals surface area contributed by atoms with Crippen LogP contribution in [0.4, 0.5) is 13.2 Å². The smallest absolute Gasteiger partial charge is 0.352 e. The standard InChI is InChI=1S/C30H30F3N3OS/c1-2-3-19-36-27(23-14-8-5-9-15-23)26(22-12-6-4-7-13-22)35-29(36)38-20-11-18-34-28(37)24-16-10-17-25(21-24)30(31,32)33/h4-10,12-17,21H,2-3,11,18-20H2,1H3,(H,34,37). The average molecular weight is 538 g/mol. The van der Waals surface area contributed by atoms with E-state index in [1.807, 2.05) is 36.4 Å². The summed E-state index contributed by atoms with van der Waals surface area (Å²) in [6, 6.07) is 24.9. The van der Waals surface area contributed by atoms with Crippen molar-refractivity contribution in [3.05, 3.63) is 96.1 Å². The van der Waals surface area contributed by atoms with Crippen LogP contribution in [-0.2, 0) is 12.7 Å². The number of nitrogens with one attached hydrogen (secondary N) is 1. The van der Waals surface area contributed by atoms with E-state index in [9.17, 15) is 18.0 Å². The van der Waals surface area contributed by atoms with E-state index in [2.05, 4.69) is 41.1 Å². The maximum atomic E-state index is 13.0. The fourth-order valence-corrected chi connectivity index (χ4v) is 5.09. The van der Waals surface area contributed by atoms with Gasteiger partial charge in [-0.2, -0.15) is 13.2 Å².